The van der Waals surface area contributed by atoms with E-state index in [-0.39, 0.29) is 28.3 Å². The normalized spacial score (nSPS) is 13.9. The van der Waals surface area contributed by atoms with E-state index in [1.54, 1.807) is 6.07 Å². The standard InChI is InChI=1S/C22H20N6O5S/c1-32-15-5-7-17(18(12-15)28(30)31)19-8-6-16(33-19)11-14(13-23)20(29)24-21-25-26-22(34-21)27-9-3-2-4-10-27/h5-8,11-12H,2-4,9-10H2,1H3,(H,24,25,29)/b14-11-. The van der Waals surface area contributed by atoms with Crippen molar-refractivity contribution < 1.29 is 18.9 Å². The second-order valence-corrected chi connectivity index (χ2v) is 8.36. The third-order valence-corrected chi connectivity index (χ3v) is 6.11. The summed E-state index contributed by atoms with van der Waals surface area (Å²) in [4.78, 5) is 25.6. The van der Waals surface area contributed by atoms with Crippen LogP contribution in [0.4, 0.5) is 16.0 Å². The number of amides is 1. The summed E-state index contributed by atoms with van der Waals surface area (Å²) in [6.45, 7) is 1.80. The van der Waals surface area contributed by atoms with E-state index >= 15 is 0 Å². The van der Waals surface area contributed by atoms with E-state index < -0.39 is 10.8 Å². The van der Waals surface area contributed by atoms with Gasteiger partial charge in [-0.05, 0) is 43.5 Å². The fourth-order valence-corrected chi connectivity index (χ4v) is 4.30. The van der Waals surface area contributed by atoms with Gasteiger partial charge in [0.25, 0.3) is 11.6 Å². The van der Waals surface area contributed by atoms with Gasteiger partial charge in [0.15, 0.2) is 0 Å². The third kappa shape index (κ3) is 5.05. The first-order valence-electron chi connectivity index (χ1n) is 10.4. The summed E-state index contributed by atoms with van der Waals surface area (Å²) < 4.78 is 10.7. The van der Waals surface area contributed by atoms with Crippen LogP contribution < -0.4 is 15.0 Å². The van der Waals surface area contributed by atoms with Gasteiger partial charge in [0.2, 0.25) is 10.3 Å². The smallest absolute Gasteiger partial charge is 0.284 e. The summed E-state index contributed by atoms with van der Waals surface area (Å²) in [5.41, 5.74) is -0.157. The predicted molar refractivity (Wildman–Crippen MR) is 126 cm³/mol. The Labute approximate surface area is 198 Å². The topological polar surface area (TPSA) is 147 Å². The second kappa shape index (κ2) is 10.1. The van der Waals surface area contributed by atoms with Crippen molar-refractivity contribution in [1.82, 2.24) is 10.2 Å². The number of nitro groups is 1. The van der Waals surface area contributed by atoms with E-state index in [1.807, 2.05) is 6.07 Å². The summed E-state index contributed by atoms with van der Waals surface area (Å²) >= 11 is 1.25. The van der Waals surface area contributed by atoms with Crippen molar-refractivity contribution >= 4 is 39.3 Å². The molecule has 1 aromatic carbocycles. The lowest BCUT2D eigenvalue weighted by atomic mass is 10.1. The fourth-order valence-electron chi connectivity index (χ4n) is 3.51. The van der Waals surface area contributed by atoms with Crippen LogP contribution in [0, 0.1) is 21.4 Å². The van der Waals surface area contributed by atoms with Gasteiger partial charge in [0.05, 0.1) is 23.7 Å². The van der Waals surface area contributed by atoms with Crippen molar-refractivity contribution in [2.24, 2.45) is 0 Å². The van der Waals surface area contributed by atoms with Crippen molar-refractivity contribution in [3.63, 3.8) is 0 Å². The number of nitro benzene ring substituents is 1. The van der Waals surface area contributed by atoms with Crippen molar-refractivity contribution in [3.8, 4) is 23.1 Å². The SMILES string of the molecule is COc1ccc(-c2ccc(/C=C(/C#N)C(=O)Nc3nnc(N4CCCCC4)s3)o2)c([N+](=O)[O-])c1. The molecule has 0 saturated carbocycles. The van der Waals surface area contributed by atoms with Gasteiger partial charge in [0, 0.05) is 19.2 Å². The first-order valence-corrected chi connectivity index (χ1v) is 11.2. The highest BCUT2D eigenvalue weighted by Gasteiger charge is 2.21. The molecule has 34 heavy (non-hydrogen) atoms. The lowest BCUT2D eigenvalue weighted by Gasteiger charge is -2.25. The number of aromatic nitrogens is 2. The van der Waals surface area contributed by atoms with E-state index in [2.05, 4.69) is 20.4 Å². The molecule has 174 valence electrons. The summed E-state index contributed by atoms with van der Waals surface area (Å²) in [5.74, 6) is 0.0922. The number of furan rings is 1. The van der Waals surface area contributed by atoms with Gasteiger partial charge >= 0.3 is 0 Å². The number of nitriles is 1. The highest BCUT2D eigenvalue weighted by Crippen LogP contribution is 2.34. The van der Waals surface area contributed by atoms with Crippen LogP contribution in [0.3, 0.4) is 0 Å². The molecule has 0 atom stereocenters. The number of anilines is 2. The molecule has 0 radical (unpaired) electrons. The molecule has 1 fully saturated rings. The number of hydrogen-bond acceptors (Lipinski definition) is 10. The Hall–Kier alpha value is -4.24. The van der Waals surface area contributed by atoms with Crippen LogP contribution in [0.5, 0.6) is 5.75 Å². The largest absolute Gasteiger partial charge is 0.497 e. The average molecular weight is 481 g/mol. The van der Waals surface area contributed by atoms with Gasteiger partial charge in [-0.3, -0.25) is 20.2 Å². The van der Waals surface area contributed by atoms with Crippen molar-refractivity contribution in [1.29, 1.82) is 5.26 Å². The van der Waals surface area contributed by atoms with E-state index in [9.17, 15) is 20.2 Å². The molecular formula is C22H20N6O5S. The van der Waals surface area contributed by atoms with Crippen LogP contribution in [-0.4, -0.2) is 41.2 Å². The molecule has 0 unspecified atom stereocenters. The minimum absolute atomic E-state index is 0.191. The number of carbonyl (C=O) groups is 1. The molecule has 0 spiro atoms. The summed E-state index contributed by atoms with van der Waals surface area (Å²) in [6, 6.07) is 9.28. The number of piperidine rings is 1. The first kappa shape index (κ1) is 22.9. The molecule has 4 rings (SSSR count). The Kier molecular flexibility index (Phi) is 6.84. The van der Waals surface area contributed by atoms with Crippen molar-refractivity contribution in [2.45, 2.75) is 19.3 Å². The molecular weight excluding hydrogens is 460 g/mol. The summed E-state index contributed by atoms with van der Waals surface area (Å²) in [5, 5.41) is 32.7. The second-order valence-electron chi connectivity index (χ2n) is 7.40. The Balaban J connectivity index is 1.51. The quantitative estimate of drug-likeness (QED) is 0.227. The number of ether oxygens (including phenoxy) is 1. The van der Waals surface area contributed by atoms with Gasteiger partial charge in [-0.2, -0.15) is 5.26 Å². The van der Waals surface area contributed by atoms with Crippen molar-refractivity contribution in [2.75, 3.05) is 30.4 Å². The van der Waals surface area contributed by atoms with Gasteiger partial charge in [0.1, 0.15) is 28.9 Å². The van der Waals surface area contributed by atoms with Crippen molar-refractivity contribution in [3.05, 3.63) is 51.8 Å². The average Bonchev–Trinajstić information content (AvgIpc) is 3.52. The molecule has 3 aromatic rings. The molecule has 0 bridgehead atoms. The lowest BCUT2D eigenvalue weighted by Crippen LogP contribution is -2.29. The van der Waals surface area contributed by atoms with Gasteiger partial charge < -0.3 is 14.1 Å². The van der Waals surface area contributed by atoms with Gasteiger partial charge in [-0.1, -0.05) is 11.3 Å². The third-order valence-electron chi connectivity index (χ3n) is 5.21. The zero-order valence-electron chi connectivity index (χ0n) is 18.2. The number of rotatable bonds is 7. The maximum absolute atomic E-state index is 12.6. The zero-order chi connectivity index (χ0) is 24.1. The molecule has 11 nitrogen and oxygen atoms in total. The number of carbonyl (C=O) groups excluding carboxylic acids is 1. The van der Waals surface area contributed by atoms with Crippen LogP contribution in [0.25, 0.3) is 17.4 Å². The maximum atomic E-state index is 12.6. The molecule has 2 aromatic heterocycles. The van der Waals surface area contributed by atoms with Crippen LogP contribution in [0.15, 0.2) is 40.3 Å². The van der Waals surface area contributed by atoms with Gasteiger partial charge in [-0.15, -0.1) is 10.2 Å². The van der Waals surface area contributed by atoms with Crippen LogP contribution in [0.2, 0.25) is 0 Å². The maximum Gasteiger partial charge on any atom is 0.284 e. The van der Waals surface area contributed by atoms with E-state index in [1.165, 1.54) is 55.2 Å². The Morgan fingerprint density at radius 2 is 2.09 bits per heavy atom. The number of nitrogens with one attached hydrogen (secondary N) is 1. The molecule has 1 saturated heterocycles. The van der Waals surface area contributed by atoms with E-state index in [4.69, 9.17) is 9.15 Å². The Bertz CT molecular complexity index is 1280. The summed E-state index contributed by atoms with van der Waals surface area (Å²) in [6.07, 6.45) is 4.64. The highest BCUT2D eigenvalue weighted by atomic mass is 32.1. The Morgan fingerprint density at radius 3 is 2.79 bits per heavy atom. The Morgan fingerprint density at radius 1 is 1.29 bits per heavy atom. The van der Waals surface area contributed by atoms with Gasteiger partial charge in [-0.25, -0.2) is 0 Å². The number of benzene rings is 1. The monoisotopic (exact) mass is 480 g/mol. The van der Waals surface area contributed by atoms with Crippen LogP contribution >= 0.6 is 11.3 Å². The molecule has 0 aliphatic carbocycles. The van der Waals surface area contributed by atoms with Crippen LogP contribution in [-0.2, 0) is 4.79 Å². The lowest BCUT2D eigenvalue weighted by molar-refractivity contribution is -0.384. The minimum Gasteiger partial charge on any atom is -0.497 e. The zero-order valence-corrected chi connectivity index (χ0v) is 19.0. The molecule has 1 amide bonds. The fraction of sp³-hybridized carbons (Fsp3) is 0.273. The number of nitrogens with zero attached hydrogens (tertiary/aromatic N) is 5. The van der Waals surface area contributed by atoms with E-state index in [0.717, 1.165) is 31.1 Å². The minimum atomic E-state index is -0.655. The van der Waals surface area contributed by atoms with Crippen LogP contribution in [0.1, 0.15) is 25.0 Å². The molecule has 3 heterocycles. The first-order chi connectivity index (χ1) is 16.5. The predicted octanol–water partition coefficient (Wildman–Crippen LogP) is 4.25. The van der Waals surface area contributed by atoms with E-state index in [0.29, 0.717) is 10.9 Å². The highest BCUT2D eigenvalue weighted by molar-refractivity contribution is 7.19. The summed E-state index contributed by atoms with van der Waals surface area (Å²) in [7, 11) is 1.42. The molecule has 1 aliphatic heterocycles. The number of hydrogen-bond donors (Lipinski definition) is 1. The molecule has 12 heteroatoms. The number of methoxy groups -OCH3 is 1. The molecule has 1 aliphatic rings. The molecule has 1 N–H and O–H groups in total.